The van der Waals surface area contributed by atoms with Crippen molar-refractivity contribution in [3.63, 3.8) is 0 Å². The summed E-state index contributed by atoms with van der Waals surface area (Å²) < 4.78 is 9.83. The molecule has 0 amide bonds. The van der Waals surface area contributed by atoms with Gasteiger partial charge in [0.2, 0.25) is 0 Å². The zero-order valence-corrected chi connectivity index (χ0v) is 32.4. The molecular formula is C49H33N5OS2. The highest BCUT2D eigenvalue weighted by Gasteiger charge is 2.20. The molecule has 0 fully saturated rings. The normalized spacial score (nSPS) is 11.4. The van der Waals surface area contributed by atoms with Crippen LogP contribution < -0.4 is 5.73 Å². The number of hydrogen-bond donors (Lipinski definition) is 2. The molecule has 3 N–H and O–H groups in total. The van der Waals surface area contributed by atoms with Crippen molar-refractivity contribution in [1.82, 2.24) is 15.0 Å². The molecule has 8 heteroatoms. The maximum atomic E-state index is 8.27. The summed E-state index contributed by atoms with van der Waals surface area (Å²) in [5, 5.41) is 13.8. The van der Waals surface area contributed by atoms with E-state index in [1.165, 1.54) is 25.7 Å². The number of nitrogens with one attached hydrogen (secondary N) is 1. The van der Waals surface area contributed by atoms with E-state index in [1.807, 2.05) is 103 Å². The summed E-state index contributed by atoms with van der Waals surface area (Å²) in [7, 11) is 0. The number of fused-ring (bicyclic) bond motifs is 7. The Balaban J connectivity index is 0.000000184. The third kappa shape index (κ3) is 6.21. The van der Waals surface area contributed by atoms with E-state index in [2.05, 4.69) is 67.6 Å². The minimum absolute atomic E-state index is 0.495. The molecule has 4 aromatic heterocycles. The lowest BCUT2D eigenvalue weighted by Gasteiger charge is -2.10. The van der Waals surface area contributed by atoms with Gasteiger partial charge in [-0.15, -0.1) is 22.7 Å². The summed E-state index contributed by atoms with van der Waals surface area (Å²) in [6, 6.07) is 55.1. The summed E-state index contributed by atoms with van der Waals surface area (Å²) in [4.78, 5) is 16.1. The number of anilines is 1. The number of nitrogen functional groups attached to an aromatic ring is 1. The molecule has 0 atom stereocenters. The minimum Gasteiger partial charge on any atom is -0.456 e. The number of aromatic nitrogens is 3. The average Bonchev–Trinajstić information content (AvgIpc) is 3.95. The Hall–Kier alpha value is -7.00. The second kappa shape index (κ2) is 14.3. The van der Waals surface area contributed by atoms with Gasteiger partial charge in [0.1, 0.15) is 11.2 Å². The van der Waals surface area contributed by atoms with Gasteiger partial charge < -0.3 is 10.2 Å². The number of furan rings is 1. The second-order valence-corrected chi connectivity index (χ2v) is 15.9. The first-order valence-electron chi connectivity index (χ1n) is 18.6. The topological polar surface area (TPSA) is 102 Å². The highest BCUT2D eigenvalue weighted by Crippen LogP contribution is 2.41. The van der Waals surface area contributed by atoms with Crippen LogP contribution in [0.15, 0.2) is 168 Å². The third-order valence-electron chi connectivity index (χ3n) is 10.1. The van der Waals surface area contributed by atoms with E-state index < -0.39 is 0 Å². The lowest BCUT2D eigenvalue weighted by molar-refractivity contribution is 0.669. The van der Waals surface area contributed by atoms with E-state index in [-0.39, 0.29) is 0 Å². The molecule has 0 unspecified atom stereocenters. The highest BCUT2D eigenvalue weighted by molar-refractivity contribution is 7.26. The van der Waals surface area contributed by atoms with E-state index >= 15 is 0 Å². The van der Waals surface area contributed by atoms with Gasteiger partial charge in [0.05, 0.1) is 16.3 Å². The van der Waals surface area contributed by atoms with Crippen molar-refractivity contribution in [3.8, 4) is 34.2 Å². The SMILES string of the molecule is Cc1ccc2oc3cccc(-c4nc(-c5ccccc5)nc(-c5cccc6sc7ccccc7c56)n4)c3c2c1.N=C(c1ccccc1)c1sc2ccccc2c1N. The fourth-order valence-electron chi connectivity index (χ4n) is 7.41. The first-order valence-corrected chi connectivity index (χ1v) is 20.2. The fourth-order valence-corrected chi connectivity index (χ4v) is 9.63. The Bertz CT molecular complexity index is 3290. The summed E-state index contributed by atoms with van der Waals surface area (Å²) >= 11 is 3.37. The molecule has 0 spiro atoms. The summed E-state index contributed by atoms with van der Waals surface area (Å²) in [6.45, 7) is 2.10. The van der Waals surface area contributed by atoms with E-state index in [4.69, 9.17) is 30.5 Å². The van der Waals surface area contributed by atoms with Gasteiger partial charge in [-0.25, -0.2) is 15.0 Å². The first-order chi connectivity index (χ1) is 28.0. The maximum absolute atomic E-state index is 8.27. The molecule has 272 valence electrons. The van der Waals surface area contributed by atoms with E-state index in [0.717, 1.165) is 59.2 Å². The van der Waals surface area contributed by atoms with Crippen molar-refractivity contribution in [2.24, 2.45) is 0 Å². The molecule has 57 heavy (non-hydrogen) atoms. The Morgan fingerprint density at radius 2 is 1.12 bits per heavy atom. The van der Waals surface area contributed by atoms with Crippen LogP contribution in [0, 0.1) is 12.3 Å². The van der Waals surface area contributed by atoms with Crippen molar-refractivity contribution in [2.45, 2.75) is 6.92 Å². The molecule has 7 aromatic carbocycles. The number of thiophene rings is 2. The second-order valence-electron chi connectivity index (χ2n) is 13.8. The van der Waals surface area contributed by atoms with Crippen LogP contribution in [0.2, 0.25) is 0 Å². The van der Waals surface area contributed by atoms with Crippen LogP contribution in [0.3, 0.4) is 0 Å². The average molecular weight is 772 g/mol. The lowest BCUT2D eigenvalue weighted by atomic mass is 10.0. The Labute approximate surface area is 336 Å². The predicted octanol–water partition coefficient (Wildman–Crippen LogP) is 13.3. The number of nitrogens with two attached hydrogens (primary N) is 1. The summed E-state index contributed by atoms with van der Waals surface area (Å²) in [6.07, 6.45) is 0. The lowest BCUT2D eigenvalue weighted by Crippen LogP contribution is -2.01. The molecule has 6 nitrogen and oxygen atoms in total. The monoisotopic (exact) mass is 771 g/mol. The van der Waals surface area contributed by atoms with Gasteiger partial charge in [-0.05, 0) is 43.3 Å². The van der Waals surface area contributed by atoms with E-state index in [0.29, 0.717) is 28.9 Å². The quantitative estimate of drug-likeness (QED) is 0.170. The van der Waals surface area contributed by atoms with Gasteiger partial charge in [-0.3, -0.25) is 5.41 Å². The number of hydrogen-bond acceptors (Lipinski definition) is 8. The Morgan fingerprint density at radius 3 is 1.86 bits per heavy atom. The largest absolute Gasteiger partial charge is 0.456 e. The molecule has 0 radical (unpaired) electrons. The molecule has 0 aliphatic carbocycles. The molecule has 0 bridgehead atoms. The number of rotatable bonds is 5. The van der Waals surface area contributed by atoms with Crippen LogP contribution in [0.1, 0.15) is 16.0 Å². The van der Waals surface area contributed by atoms with Crippen LogP contribution in [0.4, 0.5) is 5.69 Å². The highest BCUT2D eigenvalue weighted by atomic mass is 32.1. The predicted molar refractivity (Wildman–Crippen MR) is 240 cm³/mol. The maximum Gasteiger partial charge on any atom is 0.164 e. The number of nitrogens with zero attached hydrogens (tertiary/aromatic N) is 3. The summed E-state index contributed by atoms with van der Waals surface area (Å²) in [5.41, 5.74) is 14.0. The first kappa shape index (κ1) is 34.5. The van der Waals surface area contributed by atoms with Crippen molar-refractivity contribution in [1.29, 1.82) is 5.41 Å². The summed E-state index contributed by atoms with van der Waals surface area (Å²) in [5.74, 6) is 1.94. The van der Waals surface area contributed by atoms with Gasteiger partial charge in [-0.2, -0.15) is 0 Å². The van der Waals surface area contributed by atoms with Gasteiger partial charge in [-0.1, -0.05) is 133 Å². The van der Waals surface area contributed by atoms with Crippen LogP contribution in [-0.2, 0) is 0 Å². The fraction of sp³-hybridized carbons (Fsp3) is 0.0204. The minimum atomic E-state index is 0.495. The van der Waals surface area contributed by atoms with Crippen molar-refractivity contribution in [2.75, 3.05) is 5.73 Å². The standard InChI is InChI=1S/C34H21N3OS.C15H12N2S/c1-20-17-18-26-25(19-20)30-23(12-7-14-27(30)38-26)33-35-32(21-9-3-2-4-10-21)36-34(37-33)24-13-8-16-29-31(24)22-11-5-6-15-28(22)39-29;16-13(10-6-2-1-3-7-10)15-14(17)11-8-4-5-9-12(11)18-15/h2-19H,1H3;1-9,16H,17H2. The molecular weight excluding hydrogens is 739 g/mol. The van der Waals surface area contributed by atoms with Crippen molar-refractivity contribution < 1.29 is 4.42 Å². The Morgan fingerprint density at radius 1 is 0.526 bits per heavy atom. The molecule has 0 saturated heterocycles. The Kier molecular flexibility index (Phi) is 8.62. The van der Waals surface area contributed by atoms with Crippen LogP contribution >= 0.6 is 22.7 Å². The van der Waals surface area contributed by atoms with Gasteiger partial charge in [0.25, 0.3) is 0 Å². The van der Waals surface area contributed by atoms with Gasteiger partial charge in [0.15, 0.2) is 17.5 Å². The smallest absolute Gasteiger partial charge is 0.164 e. The van der Waals surface area contributed by atoms with Gasteiger partial charge >= 0.3 is 0 Å². The number of aryl methyl sites for hydroxylation is 1. The zero-order chi connectivity index (χ0) is 38.5. The van der Waals surface area contributed by atoms with E-state index in [9.17, 15) is 0 Å². The van der Waals surface area contributed by atoms with Crippen molar-refractivity contribution in [3.05, 3.63) is 180 Å². The van der Waals surface area contributed by atoms with Crippen LogP contribution in [-0.4, -0.2) is 20.7 Å². The van der Waals surface area contributed by atoms with Crippen molar-refractivity contribution >= 4 is 86.3 Å². The van der Waals surface area contributed by atoms with Crippen LogP contribution in [0.5, 0.6) is 0 Å². The molecule has 4 heterocycles. The molecule has 0 aliphatic rings. The van der Waals surface area contributed by atoms with E-state index in [1.54, 1.807) is 22.7 Å². The molecule has 11 aromatic rings. The number of benzene rings is 7. The van der Waals surface area contributed by atoms with Gasteiger partial charge in [0, 0.05) is 63.3 Å². The molecule has 0 saturated carbocycles. The molecule has 11 rings (SSSR count). The molecule has 0 aliphatic heterocycles. The third-order valence-corrected chi connectivity index (χ3v) is 12.5. The zero-order valence-electron chi connectivity index (χ0n) is 30.7. The van der Waals surface area contributed by atoms with Crippen LogP contribution in [0.25, 0.3) is 86.4 Å².